The van der Waals surface area contributed by atoms with Crippen LogP contribution in [0.15, 0.2) is 24.3 Å². The van der Waals surface area contributed by atoms with Crippen LogP contribution in [-0.4, -0.2) is 19.7 Å². The quantitative estimate of drug-likeness (QED) is 0.768. The average molecular weight is 263 g/mol. The molecule has 108 valence electrons. The zero-order valence-electron chi connectivity index (χ0n) is 13.1. The summed E-state index contributed by atoms with van der Waals surface area (Å²) >= 11 is 0. The normalized spacial score (nSPS) is 14.4. The van der Waals surface area contributed by atoms with Crippen molar-refractivity contribution in [3.05, 3.63) is 29.8 Å². The second kappa shape index (κ2) is 8.21. The molecule has 0 bridgehead atoms. The Morgan fingerprint density at radius 2 is 1.95 bits per heavy atom. The summed E-state index contributed by atoms with van der Waals surface area (Å²) in [4.78, 5) is 0. The maximum atomic E-state index is 5.31. The minimum atomic E-state index is 0.553. The van der Waals surface area contributed by atoms with E-state index in [-0.39, 0.29) is 0 Å². The monoisotopic (exact) mass is 263 g/mol. The molecule has 0 aliphatic rings. The van der Waals surface area contributed by atoms with E-state index in [1.54, 1.807) is 7.11 Å². The molecule has 0 amide bonds. The third kappa shape index (κ3) is 5.65. The zero-order valence-corrected chi connectivity index (χ0v) is 13.1. The summed E-state index contributed by atoms with van der Waals surface area (Å²) in [5.41, 5.74) is 1.37. The van der Waals surface area contributed by atoms with E-state index < -0.39 is 0 Å². The van der Waals surface area contributed by atoms with Gasteiger partial charge in [-0.05, 0) is 42.5 Å². The number of nitrogens with one attached hydrogen (secondary N) is 1. The van der Waals surface area contributed by atoms with Crippen LogP contribution in [0.5, 0.6) is 5.75 Å². The number of hydrogen-bond acceptors (Lipinski definition) is 2. The van der Waals surface area contributed by atoms with Crippen molar-refractivity contribution in [2.75, 3.05) is 13.7 Å². The van der Waals surface area contributed by atoms with E-state index in [0.717, 1.165) is 24.6 Å². The molecule has 2 nitrogen and oxygen atoms in total. The fraction of sp³-hybridized carbons (Fsp3) is 0.647. The Hall–Kier alpha value is -1.02. The molecule has 1 aromatic rings. The van der Waals surface area contributed by atoms with Crippen LogP contribution < -0.4 is 10.1 Å². The predicted octanol–water partition coefficient (Wildman–Crippen LogP) is 3.90. The lowest BCUT2D eigenvalue weighted by Gasteiger charge is -2.25. The lowest BCUT2D eigenvalue weighted by Crippen LogP contribution is -2.32. The lowest BCUT2D eigenvalue weighted by atomic mass is 9.86. The van der Waals surface area contributed by atoms with E-state index in [1.807, 2.05) is 6.07 Å². The molecule has 0 radical (unpaired) electrons. The van der Waals surface area contributed by atoms with Crippen molar-refractivity contribution in [1.82, 2.24) is 5.32 Å². The Balaban J connectivity index is 2.69. The van der Waals surface area contributed by atoms with Gasteiger partial charge in [-0.3, -0.25) is 0 Å². The smallest absolute Gasteiger partial charge is 0.119 e. The minimum Gasteiger partial charge on any atom is -0.497 e. The van der Waals surface area contributed by atoms with Crippen LogP contribution in [0.1, 0.15) is 39.7 Å². The maximum absolute atomic E-state index is 5.31. The van der Waals surface area contributed by atoms with Crippen molar-refractivity contribution in [2.45, 2.75) is 46.6 Å². The van der Waals surface area contributed by atoms with Crippen LogP contribution in [0.3, 0.4) is 0 Å². The van der Waals surface area contributed by atoms with Crippen molar-refractivity contribution < 1.29 is 4.74 Å². The highest BCUT2D eigenvalue weighted by Gasteiger charge is 2.16. The molecule has 0 spiro atoms. The molecule has 1 N–H and O–H groups in total. The second-order valence-electron chi connectivity index (χ2n) is 5.76. The molecule has 0 heterocycles. The molecule has 0 saturated heterocycles. The summed E-state index contributed by atoms with van der Waals surface area (Å²) in [5, 5.41) is 3.58. The Labute approximate surface area is 118 Å². The van der Waals surface area contributed by atoms with Crippen molar-refractivity contribution in [1.29, 1.82) is 0 Å². The first-order valence-corrected chi connectivity index (χ1v) is 7.43. The fourth-order valence-electron chi connectivity index (χ4n) is 2.30. The Morgan fingerprint density at radius 3 is 2.53 bits per heavy atom. The van der Waals surface area contributed by atoms with Gasteiger partial charge in [-0.25, -0.2) is 0 Å². The molecule has 1 rings (SSSR count). The summed E-state index contributed by atoms with van der Waals surface area (Å²) in [5.74, 6) is 2.37. The van der Waals surface area contributed by atoms with E-state index in [4.69, 9.17) is 4.74 Å². The third-order valence-electron chi connectivity index (χ3n) is 3.87. The summed E-state index contributed by atoms with van der Waals surface area (Å²) in [6.45, 7) is 10.1. The third-order valence-corrected chi connectivity index (χ3v) is 3.87. The van der Waals surface area contributed by atoms with Crippen LogP contribution in [0.2, 0.25) is 0 Å². The largest absolute Gasteiger partial charge is 0.497 e. The fourth-order valence-corrected chi connectivity index (χ4v) is 2.30. The predicted molar refractivity (Wildman–Crippen MR) is 82.8 cm³/mol. The highest BCUT2D eigenvalue weighted by Crippen LogP contribution is 2.22. The molecule has 2 heteroatoms. The van der Waals surface area contributed by atoms with Gasteiger partial charge in [0.2, 0.25) is 0 Å². The van der Waals surface area contributed by atoms with Gasteiger partial charge in [0.15, 0.2) is 0 Å². The second-order valence-corrected chi connectivity index (χ2v) is 5.76. The number of rotatable bonds is 8. The summed E-state index contributed by atoms with van der Waals surface area (Å²) < 4.78 is 5.31. The standard InChI is InChI=1S/C17H29NO/c1-6-14(4)16(12-18-13(2)3)10-15-8-7-9-17(11-15)19-5/h7-9,11,13-14,16,18H,6,10,12H2,1-5H3. The van der Waals surface area contributed by atoms with Crippen molar-refractivity contribution in [3.63, 3.8) is 0 Å². The topological polar surface area (TPSA) is 21.3 Å². The van der Waals surface area contributed by atoms with E-state index in [2.05, 4.69) is 51.2 Å². The van der Waals surface area contributed by atoms with Gasteiger partial charge in [-0.1, -0.05) is 46.2 Å². The zero-order chi connectivity index (χ0) is 14.3. The van der Waals surface area contributed by atoms with Crippen LogP contribution >= 0.6 is 0 Å². The van der Waals surface area contributed by atoms with Gasteiger partial charge in [-0.2, -0.15) is 0 Å². The van der Waals surface area contributed by atoms with Gasteiger partial charge in [0.1, 0.15) is 5.75 Å². The first-order chi connectivity index (χ1) is 9.06. The Kier molecular flexibility index (Phi) is 6.93. The van der Waals surface area contributed by atoms with Crippen molar-refractivity contribution in [3.8, 4) is 5.75 Å². The number of ether oxygens (including phenoxy) is 1. The molecule has 0 aliphatic carbocycles. The molecule has 0 fully saturated rings. The summed E-state index contributed by atoms with van der Waals surface area (Å²) in [6, 6.07) is 9.00. The van der Waals surface area contributed by atoms with Gasteiger partial charge < -0.3 is 10.1 Å². The molecule has 0 saturated carbocycles. The van der Waals surface area contributed by atoms with E-state index >= 15 is 0 Å². The molecular weight excluding hydrogens is 234 g/mol. The maximum Gasteiger partial charge on any atom is 0.119 e. The van der Waals surface area contributed by atoms with Gasteiger partial charge in [0.05, 0.1) is 7.11 Å². The molecule has 1 aromatic carbocycles. The van der Waals surface area contributed by atoms with Gasteiger partial charge >= 0.3 is 0 Å². The van der Waals surface area contributed by atoms with Gasteiger partial charge in [-0.15, -0.1) is 0 Å². The minimum absolute atomic E-state index is 0.553. The van der Waals surface area contributed by atoms with E-state index in [9.17, 15) is 0 Å². The van der Waals surface area contributed by atoms with E-state index in [1.165, 1.54) is 12.0 Å². The highest BCUT2D eigenvalue weighted by atomic mass is 16.5. The van der Waals surface area contributed by atoms with Crippen LogP contribution in [0.25, 0.3) is 0 Å². The Bertz CT molecular complexity index is 362. The molecule has 0 aliphatic heterocycles. The number of methoxy groups -OCH3 is 1. The summed E-state index contributed by atoms with van der Waals surface area (Å²) in [6.07, 6.45) is 2.35. The highest BCUT2D eigenvalue weighted by molar-refractivity contribution is 5.28. The van der Waals surface area contributed by atoms with Crippen LogP contribution in [-0.2, 0) is 6.42 Å². The molecule has 2 unspecified atom stereocenters. The van der Waals surface area contributed by atoms with Crippen molar-refractivity contribution >= 4 is 0 Å². The molecular formula is C17H29NO. The Morgan fingerprint density at radius 1 is 1.21 bits per heavy atom. The van der Waals surface area contributed by atoms with Crippen LogP contribution in [0.4, 0.5) is 0 Å². The van der Waals surface area contributed by atoms with Crippen molar-refractivity contribution in [2.24, 2.45) is 11.8 Å². The SMILES string of the molecule is CCC(C)C(CNC(C)C)Cc1cccc(OC)c1. The molecule has 2 atom stereocenters. The first kappa shape index (κ1) is 16.0. The molecule has 19 heavy (non-hydrogen) atoms. The first-order valence-electron chi connectivity index (χ1n) is 7.43. The summed E-state index contributed by atoms with van der Waals surface area (Å²) in [7, 11) is 1.73. The molecule has 0 aromatic heterocycles. The number of benzene rings is 1. The lowest BCUT2D eigenvalue weighted by molar-refractivity contribution is 0.320. The van der Waals surface area contributed by atoms with Crippen LogP contribution in [0, 0.1) is 11.8 Å². The van der Waals surface area contributed by atoms with E-state index in [0.29, 0.717) is 12.0 Å². The average Bonchev–Trinajstić information content (AvgIpc) is 2.42. The van der Waals surface area contributed by atoms with Gasteiger partial charge in [0.25, 0.3) is 0 Å². The number of hydrogen-bond donors (Lipinski definition) is 1. The van der Waals surface area contributed by atoms with Gasteiger partial charge in [0, 0.05) is 6.04 Å².